The van der Waals surface area contributed by atoms with Crippen molar-refractivity contribution in [3.05, 3.63) is 30.1 Å². The van der Waals surface area contributed by atoms with Crippen LogP contribution in [-0.4, -0.2) is 17.6 Å². The first-order valence-electron chi connectivity index (χ1n) is 6.44. The van der Waals surface area contributed by atoms with E-state index >= 15 is 0 Å². The second-order valence-electron chi connectivity index (χ2n) is 5.16. The van der Waals surface area contributed by atoms with Gasteiger partial charge in [0.1, 0.15) is 11.6 Å². The number of hydrogen-bond acceptors (Lipinski definition) is 2. The lowest BCUT2D eigenvalue weighted by Gasteiger charge is -2.50. The number of β-lactam (4-membered cyclic amide) rings is 1. The van der Waals surface area contributed by atoms with Crippen molar-refractivity contribution in [1.29, 1.82) is 0 Å². The first-order valence-corrected chi connectivity index (χ1v) is 6.44. The minimum absolute atomic E-state index is 0.0544. The molecule has 3 nitrogen and oxygen atoms in total. The summed E-state index contributed by atoms with van der Waals surface area (Å²) < 4.78 is 18.5. The molecule has 4 heteroatoms. The van der Waals surface area contributed by atoms with Gasteiger partial charge in [-0.25, -0.2) is 4.39 Å². The van der Waals surface area contributed by atoms with Gasteiger partial charge >= 0.3 is 0 Å². The smallest absolute Gasteiger partial charge is 0.264 e. The van der Waals surface area contributed by atoms with Crippen LogP contribution in [0.3, 0.4) is 0 Å². The highest BCUT2D eigenvalue weighted by Crippen LogP contribution is 2.38. The second-order valence-corrected chi connectivity index (χ2v) is 5.16. The van der Waals surface area contributed by atoms with E-state index in [9.17, 15) is 9.18 Å². The van der Waals surface area contributed by atoms with Crippen LogP contribution in [-0.2, 0) is 4.79 Å². The molecule has 0 aromatic heterocycles. The third kappa shape index (κ3) is 1.85. The fourth-order valence-corrected chi connectivity index (χ4v) is 2.94. The van der Waals surface area contributed by atoms with Crippen LogP contribution in [0.25, 0.3) is 0 Å². The Hall–Kier alpha value is -1.58. The highest BCUT2D eigenvalue weighted by atomic mass is 19.1. The van der Waals surface area contributed by atoms with E-state index in [-0.39, 0.29) is 17.3 Å². The molecule has 0 bridgehead atoms. The Morgan fingerprint density at radius 3 is 2.44 bits per heavy atom. The number of nitrogens with one attached hydrogen (secondary N) is 1. The van der Waals surface area contributed by atoms with Crippen LogP contribution in [0.4, 0.5) is 4.39 Å². The van der Waals surface area contributed by atoms with Crippen molar-refractivity contribution in [3.63, 3.8) is 0 Å². The van der Waals surface area contributed by atoms with Crippen molar-refractivity contribution in [2.75, 3.05) is 0 Å². The summed E-state index contributed by atoms with van der Waals surface area (Å²) in [4.78, 5) is 11.7. The summed E-state index contributed by atoms with van der Waals surface area (Å²) in [5.41, 5.74) is -0.177. The molecule has 1 aromatic rings. The molecule has 1 saturated heterocycles. The van der Waals surface area contributed by atoms with E-state index in [2.05, 4.69) is 5.32 Å². The summed E-state index contributed by atoms with van der Waals surface area (Å²) in [6.45, 7) is 0. The zero-order valence-corrected chi connectivity index (χ0v) is 10.1. The number of amides is 1. The first-order chi connectivity index (χ1) is 8.70. The van der Waals surface area contributed by atoms with Crippen LogP contribution >= 0.6 is 0 Å². The van der Waals surface area contributed by atoms with Gasteiger partial charge in [-0.2, -0.15) is 0 Å². The van der Waals surface area contributed by atoms with Crippen molar-refractivity contribution in [2.24, 2.45) is 0 Å². The lowest BCUT2D eigenvalue weighted by molar-refractivity contribution is -0.151. The summed E-state index contributed by atoms with van der Waals surface area (Å²) in [6.07, 6.45) is 5.02. The van der Waals surface area contributed by atoms with Gasteiger partial charge in [-0.3, -0.25) is 4.79 Å². The monoisotopic (exact) mass is 249 g/mol. The maximum absolute atomic E-state index is 12.8. The van der Waals surface area contributed by atoms with E-state index in [0.717, 1.165) is 25.7 Å². The topological polar surface area (TPSA) is 38.3 Å². The van der Waals surface area contributed by atoms with Crippen LogP contribution in [0.15, 0.2) is 24.3 Å². The average molecular weight is 249 g/mol. The van der Waals surface area contributed by atoms with E-state index in [1.165, 1.54) is 18.6 Å². The van der Waals surface area contributed by atoms with Crippen molar-refractivity contribution < 1.29 is 13.9 Å². The van der Waals surface area contributed by atoms with E-state index < -0.39 is 6.10 Å². The van der Waals surface area contributed by atoms with Crippen molar-refractivity contribution in [1.82, 2.24) is 5.32 Å². The van der Waals surface area contributed by atoms with Crippen molar-refractivity contribution in [2.45, 2.75) is 43.7 Å². The van der Waals surface area contributed by atoms with Crippen LogP contribution in [0.2, 0.25) is 0 Å². The van der Waals surface area contributed by atoms with Crippen LogP contribution in [0, 0.1) is 5.82 Å². The molecule has 3 rings (SSSR count). The number of hydrogen-bond donors (Lipinski definition) is 1. The summed E-state index contributed by atoms with van der Waals surface area (Å²) in [5.74, 6) is 0.204. The summed E-state index contributed by atoms with van der Waals surface area (Å²) in [7, 11) is 0. The highest BCUT2D eigenvalue weighted by Gasteiger charge is 2.55. The zero-order chi connectivity index (χ0) is 12.6. The van der Waals surface area contributed by atoms with E-state index in [0.29, 0.717) is 5.75 Å². The minimum Gasteiger partial charge on any atom is -0.478 e. The fraction of sp³-hybridized carbons (Fsp3) is 0.500. The Balaban J connectivity index is 1.74. The predicted molar refractivity (Wildman–Crippen MR) is 64.8 cm³/mol. The standard InChI is InChI=1S/C14H16FNO2/c15-10-4-6-11(7-5-10)18-12-13(17)16-14(12)8-2-1-3-9-14/h4-7,12H,1-3,8-9H2,(H,16,17). The lowest BCUT2D eigenvalue weighted by atomic mass is 9.72. The van der Waals surface area contributed by atoms with Gasteiger partial charge in [0.05, 0.1) is 5.54 Å². The Labute approximate surface area is 105 Å². The van der Waals surface area contributed by atoms with E-state index in [4.69, 9.17) is 4.74 Å². The van der Waals surface area contributed by atoms with Gasteiger partial charge in [0.15, 0.2) is 6.10 Å². The molecule has 2 aliphatic rings. The number of halogens is 1. The quantitative estimate of drug-likeness (QED) is 0.817. The molecule has 1 aliphatic heterocycles. The Bertz CT molecular complexity index is 451. The normalized spacial score (nSPS) is 25.4. The van der Waals surface area contributed by atoms with Crippen molar-refractivity contribution in [3.8, 4) is 5.75 Å². The first kappa shape index (κ1) is 11.5. The molecule has 1 aliphatic carbocycles. The van der Waals surface area contributed by atoms with Crippen LogP contribution < -0.4 is 10.1 Å². The third-order valence-electron chi connectivity index (χ3n) is 3.93. The molecule has 1 amide bonds. The van der Waals surface area contributed by atoms with Gasteiger partial charge in [0, 0.05) is 0 Å². The molecule has 1 aromatic carbocycles. The largest absolute Gasteiger partial charge is 0.478 e. The lowest BCUT2D eigenvalue weighted by Crippen LogP contribution is -2.75. The number of benzene rings is 1. The maximum atomic E-state index is 12.8. The maximum Gasteiger partial charge on any atom is 0.264 e. The molecule has 1 spiro atoms. The third-order valence-corrected chi connectivity index (χ3v) is 3.93. The Morgan fingerprint density at radius 1 is 1.17 bits per heavy atom. The van der Waals surface area contributed by atoms with Crippen LogP contribution in [0.5, 0.6) is 5.75 Å². The number of rotatable bonds is 2. The fourth-order valence-electron chi connectivity index (χ4n) is 2.94. The highest BCUT2D eigenvalue weighted by molar-refractivity contribution is 5.90. The molecule has 18 heavy (non-hydrogen) atoms. The zero-order valence-electron chi connectivity index (χ0n) is 10.1. The van der Waals surface area contributed by atoms with Gasteiger partial charge in [0.25, 0.3) is 5.91 Å². The minimum atomic E-state index is -0.414. The summed E-state index contributed by atoms with van der Waals surface area (Å²) in [6, 6.07) is 5.83. The molecular weight excluding hydrogens is 233 g/mol. The van der Waals surface area contributed by atoms with Gasteiger partial charge in [-0.05, 0) is 37.1 Å². The molecule has 96 valence electrons. The van der Waals surface area contributed by atoms with Gasteiger partial charge in [0.2, 0.25) is 0 Å². The molecule has 0 radical (unpaired) electrons. The molecule has 1 unspecified atom stereocenters. The summed E-state index contributed by atoms with van der Waals surface area (Å²) in [5, 5.41) is 3.00. The van der Waals surface area contributed by atoms with E-state index in [1.807, 2.05) is 0 Å². The van der Waals surface area contributed by atoms with Gasteiger partial charge < -0.3 is 10.1 Å². The number of carbonyl (C=O) groups excluding carboxylic acids is 1. The van der Waals surface area contributed by atoms with Gasteiger partial charge in [-0.1, -0.05) is 19.3 Å². The number of carbonyl (C=O) groups is 1. The SMILES string of the molecule is O=C1NC2(CCCCC2)C1Oc1ccc(F)cc1. The average Bonchev–Trinajstić information content (AvgIpc) is 2.39. The Morgan fingerprint density at radius 2 is 1.83 bits per heavy atom. The Kier molecular flexibility index (Phi) is 2.73. The summed E-state index contributed by atoms with van der Waals surface area (Å²) >= 11 is 0. The molecule has 1 heterocycles. The molecule has 1 saturated carbocycles. The molecule has 1 atom stereocenters. The second kappa shape index (κ2) is 4.26. The van der Waals surface area contributed by atoms with Crippen LogP contribution in [0.1, 0.15) is 32.1 Å². The number of ether oxygens (including phenoxy) is 1. The predicted octanol–water partition coefficient (Wildman–Crippen LogP) is 2.41. The van der Waals surface area contributed by atoms with E-state index in [1.54, 1.807) is 12.1 Å². The molecular formula is C14H16FNO2. The van der Waals surface area contributed by atoms with Gasteiger partial charge in [-0.15, -0.1) is 0 Å². The van der Waals surface area contributed by atoms with Crippen molar-refractivity contribution >= 4 is 5.91 Å². The molecule has 2 fully saturated rings. The molecule has 1 N–H and O–H groups in total.